The molecule has 5 nitrogen and oxygen atoms in total. The van der Waals surface area contributed by atoms with Gasteiger partial charge in [0.25, 0.3) is 5.91 Å². The van der Waals surface area contributed by atoms with E-state index in [2.05, 4.69) is 42.5 Å². The number of benzene rings is 2. The summed E-state index contributed by atoms with van der Waals surface area (Å²) in [6.45, 7) is 1.93. The highest BCUT2D eigenvalue weighted by Gasteiger charge is 2.35. The molecule has 158 valence electrons. The Kier molecular flexibility index (Phi) is 5.33. The SMILES string of the molecule is O=C(c1ccoc1)N1CCC(C(=O)N2CCC(c3ccccc3)c3ccccc32)CC1. The van der Waals surface area contributed by atoms with E-state index in [-0.39, 0.29) is 17.7 Å². The van der Waals surface area contributed by atoms with Crippen LogP contribution in [0.1, 0.15) is 46.7 Å². The second-order valence-corrected chi connectivity index (χ2v) is 8.38. The molecule has 3 aromatic rings. The maximum absolute atomic E-state index is 13.5. The summed E-state index contributed by atoms with van der Waals surface area (Å²) in [5, 5.41) is 0. The number of anilines is 1. The average molecular weight is 415 g/mol. The fraction of sp³-hybridized carbons (Fsp3) is 0.308. The molecule has 1 atom stereocenters. The number of piperidine rings is 1. The summed E-state index contributed by atoms with van der Waals surface area (Å²) >= 11 is 0. The number of carbonyl (C=O) groups excluding carboxylic acids is 2. The van der Waals surface area contributed by atoms with Crippen molar-refractivity contribution in [2.45, 2.75) is 25.2 Å². The van der Waals surface area contributed by atoms with Crippen molar-refractivity contribution in [1.29, 1.82) is 0 Å². The monoisotopic (exact) mass is 414 g/mol. The molecule has 5 rings (SSSR count). The molecule has 1 fully saturated rings. The smallest absolute Gasteiger partial charge is 0.257 e. The highest BCUT2D eigenvalue weighted by atomic mass is 16.3. The first-order chi connectivity index (χ1) is 15.2. The van der Waals surface area contributed by atoms with Gasteiger partial charge in [0, 0.05) is 37.2 Å². The van der Waals surface area contributed by atoms with Crippen molar-refractivity contribution in [3.8, 4) is 0 Å². The second kappa shape index (κ2) is 8.42. The van der Waals surface area contributed by atoms with Crippen molar-refractivity contribution in [1.82, 2.24) is 4.90 Å². The van der Waals surface area contributed by atoms with Crippen molar-refractivity contribution in [2.24, 2.45) is 5.92 Å². The third-order valence-electron chi connectivity index (χ3n) is 6.61. The van der Waals surface area contributed by atoms with Gasteiger partial charge in [0.05, 0.1) is 11.8 Å². The van der Waals surface area contributed by atoms with E-state index in [0.29, 0.717) is 37.4 Å². The van der Waals surface area contributed by atoms with E-state index in [1.807, 2.05) is 21.9 Å². The van der Waals surface area contributed by atoms with Crippen LogP contribution in [-0.4, -0.2) is 36.3 Å². The van der Waals surface area contributed by atoms with Gasteiger partial charge < -0.3 is 14.2 Å². The molecule has 2 aromatic carbocycles. The fourth-order valence-corrected chi connectivity index (χ4v) is 4.94. The van der Waals surface area contributed by atoms with Gasteiger partial charge in [-0.25, -0.2) is 0 Å². The molecular formula is C26H26N2O3. The number of furan rings is 1. The Hall–Kier alpha value is -3.34. The summed E-state index contributed by atoms with van der Waals surface area (Å²) in [5.41, 5.74) is 4.13. The lowest BCUT2D eigenvalue weighted by atomic mass is 9.83. The van der Waals surface area contributed by atoms with E-state index >= 15 is 0 Å². The van der Waals surface area contributed by atoms with E-state index in [4.69, 9.17) is 4.42 Å². The minimum Gasteiger partial charge on any atom is -0.472 e. The minimum atomic E-state index is -0.0465. The molecule has 0 saturated carbocycles. The summed E-state index contributed by atoms with van der Waals surface area (Å²) < 4.78 is 5.03. The lowest BCUT2D eigenvalue weighted by Crippen LogP contribution is -2.46. The largest absolute Gasteiger partial charge is 0.472 e. The number of nitrogens with zero attached hydrogens (tertiary/aromatic N) is 2. The van der Waals surface area contributed by atoms with Gasteiger partial charge in [0.15, 0.2) is 0 Å². The number of hydrogen-bond acceptors (Lipinski definition) is 3. The average Bonchev–Trinajstić information content (AvgIpc) is 3.38. The van der Waals surface area contributed by atoms with Crippen LogP contribution in [0.5, 0.6) is 0 Å². The van der Waals surface area contributed by atoms with Crippen molar-refractivity contribution in [3.05, 3.63) is 89.9 Å². The number of para-hydroxylation sites is 1. The van der Waals surface area contributed by atoms with Gasteiger partial charge in [-0.3, -0.25) is 9.59 Å². The first-order valence-electron chi connectivity index (χ1n) is 11.0. The molecule has 0 bridgehead atoms. The molecule has 3 heterocycles. The van der Waals surface area contributed by atoms with Crippen LogP contribution >= 0.6 is 0 Å². The molecule has 5 heteroatoms. The first kappa shape index (κ1) is 19.6. The molecule has 31 heavy (non-hydrogen) atoms. The van der Waals surface area contributed by atoms with E-state index in [0.717, 1.165) is 18.7 Å². The predicted octanol–water partition coefficient (Wildman–Crippen LogP) is 4.70. The molecule has 1 aromatic heterocycles. The van der Waals surface area contributed by atoms with Gasteiger partial charge >= 0.3 is 0 Å². The molecule has 1 saturated heterocycles. The van der Waals surface area contributed by atoms with Crippen molar-refractivity contribution in [2.75, 3.05) is 24.5 Å². The van der Waals surface area contributed by atoms with Crippen LogP contribution in [0.25, 0.3) is 0 Å². The number of rotatable bonds is 3. The standard InChI is InChI=1S/C26H26N2O3/c29-25(21-13-17-31-18-21)27-14-10-20(11-15-27)26(30)28-16-12-22(19-6-2-1-3-7-19)23-8-4-5-9-24(23)28/h1-9,13,17-18,20,22H,10-12,14-16H2. The Bertz CT molecular complexity index is 1050. The molecule has 2 amide bonds. The number of likely N-dealkylation sites (tertiary alicyclic amines) is 1. The molecule has 2 aliphatic rings. The Balaban J connectivity index is 1.30. The summed E-state index contributed by atoms with van der Waals surface area (Å²) in [6, 6.07) is 20.5. The maximum atomic E-state index is 13.5. The zero-order valence-electron chi connectivity index (χ0n) is 17.4. The normalized spacial score (nSPS) is 19.2. The minimum absolute atomic E-state index is 0.0197. The number of hydrogen-bond donors (Lipinski definition) is 0. The molecule has 1 unspecified atom stereocenters. The van der Waals surface area contributed by atoms with E-state index in [1.54, 1.807) is 6.07 Å². The Morgan fingerprint density at radius 3 is 2.32 bits per heavy atom. The molecule has 0 N–H and O–H groups in total. The van der Waals surface area contributed by atoms with Crippen molar-refractivity contribution < 1.29 is 14.0 Å². The van der Waals surface area contributed by atoms with Gasteiger partial charge in [0.1, 0.15) is 6.26 Å². The van der Waals surface area contributed by atoms with Gasteiger partial charge in [0.2, 0.25) is 5.91 Å². The third-order valence-corrected chi connectivity index (χ3v) is 6.61. The van der Waals surface area contributed by atoms with Crippen molar-refractivity contribution in [3.63, 3.8) is 0 Å². The van der Waals surface area contributed by atoms with Crippen LogP contribution in [0.3, 0.4) is 0 Å². The Labute approximate surface area is 182 Å². The molecule has 0 radical (unpaired) electrons. The molecule has 0 spiro atoms. The van der Waals surface area contributed by atoms with E-state index in [9.17, 15) is 9.59 Å². The van der Waals surface area contributed by atoms with Gasteiger partial charge in [-0.05, 0) is 42.5 Å². The molecular weight excluding hydrogens is 388 g/mol. The van der Waals surface area contributed by atoms with Gasteiger partial charge in [-0.1, -0.05) is 48.5 Å². The summed E-state index contributed by atoms with van der Waals surface area (Å²) in [4.78, 5) is 29.8. The molecule has 0 aliphatic carbocycles. The second-order valence-electron chi connectivity index (χ2n) is 8.38. The number of amides is 2. The quantitative estimate of drug-likeness (QED) is 0.624. The summed E-state index contributed by atoms with van der Waals surface area (Å²) in [5.74, 6) is 0.439. The summed E-state index contributed by atoms with van der Waals surface area (Å²) in [6.07, 6.45) is 5.31. The topological polar surface area (TPSA) is 53.8 Å². The van der Waals surface area contributed by atoms with Crippen LogP contribution in [-0.2, 0) is 4.79 Å². The van der Waals surface area contributed by atoms with E-state index in [1.165, 1.54) is 23.7 Å². The highest BCUT2D eigenvalue weighted by molar-refractivity contribution is 5.97. The first-order valence-corrected chi connectivity index (χ1v) is 11.0. The Morgan fingerprint density at radius 2 is 1.58 bits per heavy atom. The third kappa shape index (κ3) is 3.76. The van der Waals surface area contributed by atoms with Gasteiger partial charge in [-0.15, -0.1) is 0 Å². The van der Waals surface area contributed by atoms with Crippen molar-refractivity contribution >= 4 is 17.5 Å². The zero-order valence-corrected chi connectivity index (χ0v) is 17.4. The van der Waals surface area contributed by atoms with Crippen LogP contribution in [0, 0.1) is 5.92 Å². The summed E-state index contributed by atoms with van der Waals surface area (Å²) in [7, 11) is 0. The van der Waals surface area contributed by atoms with Crippen LogP contribution < -0.4 is 4.90 Å². The zero-order chi connectivity index (χ0) is 21.2. The van der Waals surface area contributed by atoms with Crippen LogP contribution in [0.4, 0.5) is 5.69 Å². The van der Waals surface area contributed by atoms with Crippen LogP contribution in [0.2, 0.25) is 0 Å². The molecule has 2 aliphatic heterocycles. The maximum Gasteiger partial charge on any atom is 0.257 e. The fourth-order valence-electron chi connectivity index (χ4n) is 4.94. The van der Waals surface area contributed by atoms with Gasteiger partial charge in [-0.2, -0.15) is 0 Å². The highest BCUT2D eigenvalue weighted by Crippen LogP contribution is 2.40. The predicted molar refractivity (Wildman–Crippen MR) is 119 cm³/mol. The lowest BCUT2D eigenvalue weighted by Gasteiger charge is -2.38. The number of carbonyl (C=O) groups is 2. The lowest BCUT2D eigenvalue weighted by molar-refractivity contribution is -0.123. The Morgan fingerprint density at radius 1 is 0.839 bits per heavy atom. The van der Waals surface area contributed by atoms with E-state index < -0.39 is 0 Å². The van der Waals surface area contributed by atoms with Crippen LogP contribution in [0.15, 0.2) is 77.6 Å². The number of fused-ring (bicyclic) bond motifs is 1.